The van der Waals surface area contributed by atoms with Crippen LogP contribution in [0.1, 0.15) is 18.2 Å². The van der Waals surface area contributed by atoms with E-state index >= 15 is 0 Å². The highest BCUT2D eigenvalue weighted by Crippen LogP contribution is 2.26. The van der Waals surface area contributed by atoms with Crippen LogP contribution in [0.3, 0.4) is 0 Å². The SMILES string of the molecule is CCc1ccc(-c2nc3cc(CN)ccc3n2C)o1. The molecule has 0 radical (unpaired) electrons. The minimum atomic E-state index is 0.530. The summed E-state index contributed by atoms with van der Waals surface area (Å²) in [4.78, 5) is 4.65. The maximum absolute atomic E-state index is 5.78. The lowest BCUT2D eigenvalue weighted by Crippen LogP contribution is -1.95. The molecule has 3 aromatic rings. The Bertz CT molecular complexity index is 724. The first-order chi connectivity index (χ1) is 9.22. The standard InChI is InChI=1S/C15H17N3O/c1-3-11-5-7-14(19-11)15-17-12-8-10(9-16)4-6-13(12)18(15)2/h4-8H,3,9,16H2,1-2H3. The van der Waals surface area contributed by atoms with Crippen LogP contribution < -0.4 is 5.73 Å². The Kier molecular flexibility index (Phi) is 2.87. The largest absolute Gasteiger partial charge is 0.458 e. The summed E-state index contributed by atoms with van der Waals surface area (Å²) in [5.41, 5.74) is 8.79. The van der Waals surface area contributed by atoms with Crippen LogP contribution in [-0.4, -0.2) is 9.55 Å². The number of nitrogens with zero attached hydrogens (tertiary/aromatic N) is 2. The average Bonchev–Trinajstić information content (AvgIpc) is 3.03. The molecule has 0 aliphatic carbocycles. The molecule has 0 saturated heterocycles. The summed E-state index contributed by atoms with van der Waals surface area (Å²) in [6, 6.07) is 10.1. The third-order valence-electron chi connectivity index (χ3n) is 3.41. The number of hydrogen-bond acceptors (Lipinski definition) is 3. The molecule has 0 aliphatic rings. The van der Waals surface area contributed by atoms with Crippen molar-refractivity contribution < 1.29 is 4.42 Å². The topological polar surface area (TPSA) is 57.0 Å². The van der Waals surface area contributed by atoms with Gasteiger partial charge in [0.15, 0.2) is 11.6 Å². The molecule has 98 valence electrons. The summed E-state index contributed by atoms with van der Waals surface area (Å²) in [5.74, 6) is 2.64. The van der Waals surface area contributed by atoms with Crippen molar-refractivity contribution in [1.29, 1.82) is 0 Å². The van der Waals surface area contributed by atoms with Gasteiger partial charge in [-0.15, -0.1) is 0 Å². The number of nitrogens with two attached hydrogens (primary N) is 1. The Labute approximate surface area is 111 Å². The zero-order chi connectivity index (χ0) is 13.4. The zero-order valence-electron chi connectivity index (χ0n) is 11.2. The molecule has 3 rings (SSSR count). The van der Waals surface area contributed by atoms with Crippen LogP contribution in [0.4, 0.5) is 0 Å². The van der Waals surface area contributed by atoms with Gasteiger partial charge in [0, 0.05) is 20.0 Å². The number of imidazole rings is 1. The van der Waals surface area contributed by atoms with E-state index in [0.29, 0.717) is 6.54 Å². The predicted molar refractivity (Wildman–Crippen MR) is 75.7 cm³/mol. The van der Waals surface area contributed by atoms with Crippen molar-refractivity contribution in [3.8, 4) is 11.6 Å². The molecule has 2 N–H and O–H groups in total. The fraction of sp³-hybridized carbons (Fsp3) is 0.267. The van der Waals surface area contributed by atoms with Crippen LogP contribution in [0.2, 0.25) is 0 Å². The normalized spacial score (nSPS) is 11.3. The van der Waals surface area contributed by atoms with Gasteiger partial charge in [-0.25, -0.2) is 4.98 Å². The number of fused-ring (bicyclic) bond motifs is 1. The van der Waals surface area contributed by atoms with Gasteiger partial charge in [0.25, 0.3) is 0 Å². The van der Waals surface area contributed by atoms with Crippen LogP contribution in [0.25, 0.3) is 22.6 Å². The molecule has 4 heteroatoms. The fourth-order valence-corrected chi connectivity index (χ4v) is 2.28. The van der Waals surface area contributed by atoms with Crippen molar-refractivity contribution in [2.45, 2.75) is 19.9 Å². The first-order valence-corrected chi connectivity index (χ1v) is 6.47. The molecule has 0 unspecified atom stereocenters. The van der Waals surface area contributed by atoms with E-state index < -0.39 is 0 Å². The molecule has 2 heterocycles. The summed E-state index contributed by atoms with van der Waals surface area (Å²) < 4.78 is 7.83. The third-order valence-corrected chi connectivity index (χ3v) is 3.41. The third kappa shape index (κ3) is 1.94. The lowest BCUT2D eigenvalue weighted by Gasteiger charge is -1.99. The summed E-state index contributed by atoms with van der Waals surface area (Å²) in [6.45, 7) is 2.60. The number of rotatable bonds is 3. The molecule has 0 spiro atoms. The van der Waals surface area contributed by atoms with Crippen molar-refractivity contribution in [2.24, 2.45) is 12.8 Å². The molecule has 0 fully saturated rings. The summed E-state index contributed by atoms with van der Waals surface area (Å²) in [5, 5.41) is 0. The molecule has 0 bridgehead atoms. The molecular formula is C15H17N3O. The summed E-state index contributed by atoms with van der Waals surface area (Å²) in [7, 11) is 2.00. The second-order valence-corrected chi connectivity index (χ2v) is 4.64. The Morgan fingerprint density at radius 1 is 1.26 bits per heavy atom. The van der Waals surface area contributed by atoms with Gasteiger partial charge in [-0.3, -0.25) is 0 Å². The number of aryl methyl sites for hydroxylation is 2. The highest BCUT2D eigenvalue weighted by Gasteiger charge is 2.13. The van der Waals surface area contributed by atoms with Gasteiger partial charge in [-0.2, -0.15) is 0 Å². The fourth-order valence-electron chi connectivity index (χ4n) is 2.28. The Hall–Kier alpha value is -2.07. The Morgan fingerprint density at radius 3 is 2.79 bits per heavy atom. The Morgan fingerprint density at radius 2 is 2.11 bits per heavy atom. The lowest BCUT2D eigenvalue weighted by atomic mass is 10.2. The lowest BCUT2D eigenvalue weighted by molar-refractivity contribution is 0.524. The first-order valence-electron chi connectivity index (χ1n) is 6.47. The van der Waals surface area contributed by atoms with Gasteiger partial charge in [-0.05, 0) is 29.8 Å². The van der Waals surface area contributed by atoms with Crippen molar-refractivity contribution in [1.82, 2.24) is 9.55 Å². The molecule has 0 saturated carbocycles. The van der Waals surface area contributed by atoms with Crippen LogP contribution >= 0.6 is 0 Å². The van der Waals surface area contributed by atoms with Gasteiger partial charge in [-0.1, -0.05) is 13.0 Å². The molecule has 19 heavy (non-hydrogen) atoms. The minimum absolute atomic E-state index is 0.530. The number of furan rings is 1. The average molecular weight is 255 g/mol. The number of benzene rings is 1. The van der Waals surface area contributed by atoms with Gasteiger partial charge in [0.2, 0.25) is 0 Å². The highest BCUT2D eigenvalue weighted by atomic mass is 16.3. The van der Waals surface area contributed by atoms with Crippen LogP contribution in [0.5, 0.6) is 0 Å². The smallest absolute Gasteiger partial charge is 0.176 e. The molecule has 0 atom stereocenters. The van der Waals surface area contributed by atoms with E-state index in [9.17, 15) is 0 Å². The van der Waals surface area contributed by atoms with Crippen molar-refractivity contribution in [3.05, 3.63) is 41.7 Å². The maximum atomic E-state index is 5.78. The van der Waals surface area contributed by atoms with E-state index in [2.05, 4.69) is 18.0 Å². The molecule has 0 amide bonds. The van der Waals surface area contributed by atoms with E-state index in [4.69, 9.17) is 10.2 Å². The van der Waals surface area contributed by atoms with Gasteiger partial charge < -0.3 is 14.7 Å². The second kappa shape index (κ2) is 4.55. The van der Waals surface area contributed by atoms with Crippen LogP contribution in [0.15, 0.2) is 34.7 Å². The van der Waals surface area contributed by atoms with Crippen molar-refractivity contribution >= 4 is 11.0 Å². The predicted octanol–water partition coefficient (Wildman–Crippen LogP) is 2.85. The van der Waals surface area contributed by atoms with Crippen LogP contribution in [-0.2, 0) is 20.0 Å². The van der Waals surface area contributed by atoms with Crippen LogP contribution in [0, 0.1) is 0 Å². The van der Waals surface area contributed by atoms with Gasteiger partial charge >= 0.3 is 0 Å². The van der Waals surface area contributed by atoms with E-state index in [0.717, 1.165) is 40.4 Å². The minimum Gasteiger partial charge on any atom is -0.458 e. The summed E-state index contributed by atoms with van der Waals surface area (Å²) in [6.07, 6.45) is 0.890. The number of hydrogen-bond donors (Lipinski definition) is 1. The summed E-state index contributed by atoms with van der Waals surface area (Å²) >= 11 is 0. The monoisotopic (exact) mass is 255 g/mol. The Balaban J connectivity index is 2.16. The van der Waals surface area contributed by atoms with Crippen molar-refractivity contribution in [2.75, 3.05) is 0 Å². The quantitative estimate of drug-likeness (QED) is 0.783. The molecule has 1 aromatic carbocycles. The molecular weight excluding hydrogens is 238 g/mol. The first kappa shape index (κ1) is 12.0. The maximum Gasteiger partial charge on any atom is 0.176 e. The molecule has 4 nitrogen and oxygen atoms in total. The van der Waals surface area contributed by atoms with E-state index in [1.165, 1.54) is 0 Å². The molecule has 2 aromatic heterocycles. The van der Waals surface area contributed by atoms with Crippen molar-refractivity contribution in [3.63, 3.8) is 0 Å². The van der Waals surface area contributed by atoms with E-state index in [1.807, 2.05) is 35.9 Å². The van der Waals surface area contributed by atoms with E-state index in [1.54, 1.807) is 0 Å². The zero-order valence-corrected chi connectivity index (χ0v) is 11.2. The van der Waals surface area contributed by atoms with E-state index in [-0.39, 0.29) is 0 Å². The number of aromatic nitrogens is 2. The van der Waals surface area contributed by atoms with Gasteiger partial charge in [0.1, 0.15) is 5.76 Å². The highest BCUT2D eigenvalue weighted by molar-refractivity contribution is 5.80. The van der Waals surface area contributed by atoms with Gasteiger partial charge in [0.05, 0.1) is 11.0 Å². The molecule has 0 aliphatic heterocycles. The second-order valence-electron chi connectivity index (χ2n) is 4.64.